The molecule has 2 aliphatic heterocycles. The Kier molecular flexibility index (Phi) is 6.30. The number of benzene rings is 2. The summed E-state index contributed by atoms with van der Waals surface area (Å²) in [5, 5.41) is 3.30. The quantitative estimate of drug-likeness (QED) is 0.676. The molecule has 1 aliphatic carbocycles. The van der Waals surface area contributed by atoms with E-state index in [1.807, 2.05) is 49.9 Å². The lowest BCUT2D eigenvalue weighted by molar-refractivity contribution is -0.127. The minimum Gasteiger partial charge on any atom is -0.356 e. The maximum absolute atomic E-state index is 13.1. The Bertz CT molecular complexity index is 1330. The summed E-state index contributed by atoms with van der Waals surface area (Å²) < 4.78 is 30.1. The number of nitrogens with one attached hydrogen (secondary N) is 1. The topological polar surface area (TPSA) is 78.8 Å². The second-order valence-corrected chi connectivity index (χ2v) is 11.6. The third-order valence-corrected chi connectivity index (χ3v) is 9.23. The molecule has 35 heavy (non-hydrogen) atoms. The van der Waals surface area contributed by atoms with E-state index in [1.165, 1.54) is 11.1 Å². The number of aryl methyl sites for hydroxylation is 3. The molecule has 0 aromatic heterocycles. The van der Waals surface area contributed by atoms with Gasteiger partial charge in [0.05, 0.1) is 6.04 Å². The third-order valence-electron chi connectivity index (χ3n) is 7.76. The zero-order valence-electron chi connectivity index (χ0n) is 20.7. The van der Waals surface area contributed by atoms with E-state index in [1.54, 1.807) is 0 Å². The standard InChI is InChI=1S/C28H33N3O3S/c1-18-11-12-23(17-19(18)2)26-20(3)27(30-35(26,33)34)31-15-13-22(14-16-31)28(32)29-25-10-6-8-21-7-4-5-9-24(21)25/h4-5,7,9,11-12,17,22,25H,6,8,10,13-16H2,1-3H3,(H,29,32)/t25-/m1/s1. The number of piperidine rings is 1. The van der Waals surface area contributed by atoms with Crippen LogP contribution in [0, 0.1) is 19.8 Å². The number of amidine groups is 1. The third kappa shape index (κ3) is 4.54. The molecule has 184 valence electrons. The maximum Gasteiger partial charge on any atom is 0.285 e. The van der Waals surface area contributed by atoms with Crippen molar-refractivity contribution in [2.75, 3.05) is 13.1 Å². The molecule has 2 heterocycles. The van der Waals surface area contributed by atoms with Gasteiger partial charge >= 0.3 is 0 Å². The average molecular weight is 492 g/mol. The Hall–Kier alpha value is -2.93. The van der Waals surface area contributed by atoms with Crippen LogP contribution in [-0.2, 0) is 21.2 Å². The molecule has 1 atom stereocenters. The minimum atomic E-state index is -3.75. The lowest BCUT2D eigenvalue weighted by atomic mass is 9.87. The van der Waals surface area contributed by atoms with Crippen LogP contribution in [0.15, 0.2) is 52.4 Å². The molecule has 2 aromatic rings. The smallest absolute Gasteiger partial charge is 0.285 e. The van der Waals surface area contributed by atoms with Gasteiger partial charge in [-0.1, -0.05) is 42.5 Å². The van der Waals surface area contributed by atoms with Crippen molar-refractivity contribution < 1.29 is 13.2 Å². The fourth-order valence-electron chi connectivity index (χ4n) is 5.61. The van der Waals surface area contributed by atoms with Gasteiger partial charge in [-0.05, 0) is 80.7 Å². The molecule has 7 heteroatoms. The molecule has 2 aromatic carbocycles. The van der Waals surface area contributed by atoms with Gasteiger partial charge in [-0.2, -0.15) is 8.42 Å². The summed E-state index contributed by atoms with van der Waals surface area (Å²) >= 11 is 0. The van der Waals surface area contributed by atoms with Crippen molar-refractivity contribution in [3.05, 3.63) is 75.9 Å². The summed E-state index contributed by atoms with van der Waals surface area (Å²) in [4.78, 5) is 15.4. The normalized spacial score (nSPS) is 22.1. The number of carbonyl (C=O) groups is 1. The summed E-state index contributed by atoms with van der Waals surface area (Å²) in [6.07, 6.45) is 4.50. The number of hydrogen-bond donors (Lipinski definition) is 1. The zero-order chi connectivity index (χ0) is 24.7. The molecule has 0 unspecified atom stereocenters. The van der Waals surface area contributed by atoms with Crippen LogP contribution < -0.4 is 5.32 Å². The maximum atomic E-state index is 13.1. The van der Waals surface area contributed by atoms with Crippen molar-refractivity contribution >= 4 is 26.7 Å². The van der Waals surface area contributed by atoms with Gasteiger partial charge in [0.1, 0.15) is 10.7 Å². The van der Waals surface area contributed by atoms with E-state index < -0.39 is 10.0 Å². The summed E-state index contributed by atoms with van der Waals surface area (Å²) in [7, 11) is -3.75. The number of rotatable bonds is 3. The molecule has 0 spiro atoms. The first kappa shape index (κ1) is 23.8. The molecule has 5 rings (SSSR count). The first-order valence-electron chi connectivity index (χ1n) is 12.5. The van der Waals surface area contributed by atoms with Gasteiger partial charge in [0.25, 0.3) is 10.0 Å². The highest BCUT2D eigenvalue weighted by molar-refractivity contribution is 8.00. The molecular weight excluding hydrogens is 458 g/mol. The van der Waals surface area contributed by atoms with Gasteiger partial charge in [-0.25, -0.2) is 0 Å². The monoisotopic (exact) mass is 491 g/mol. The highest BCUT2D eigenvalue weighted by Gasteiger charge is 2.36. The van der Waals surface area contributed by atoms with Crippen LogP contribution in [0.5, 0.6) is 0 Å². The first-order valence-corrected chi connectivity index (χ1v) is 14.0. The van der Waals surface area contributed by atoms with Crippen molar-refractivity contribution in [2.24, 2.45) is 10.3 Å². The predicted octanol–water partition coefficient (Wildman–Crippen LogP) is 4.68. The largest absolute Gasteiger partial charge is 0.356 e. The molecular formula is C28H33N3O3S. The van der Waals surface area contributed by atoms with Crippen LogP contribution in [0.1, 0.15) is 66.5 Å². The van der Waals surface area contributed by atoms with Gasteiger partial charge in [0.15, 0.2) is 0 Å². The van der Waals surface area contributed by atoms with Gasteiger partial charge in [-0.3, -0.25) is 4.79 Å². The minimum absolute atomic E-state index is 0.0672. The fourth-order valence-corrected chi connectivity index (χ4v) is 7.09. The van der Waals surface area contributed by atoms with Gasteiger partial charge in [0, 0.05) is 24.6 Å². The second kappa shape index (κ2) is 9.26. The molecule has 0 radical (unpaired) electrons. The second-order valence-electron chi connectivity index (χ2n) is 10.1. The average Bonchev–Trinajstić information content (AvgIpc) is 3.09. The van der Waals surface area contributed by atoms with Crippen molar-refractivity contribution in [3.63, 3.8) is 0 Å². The SMILES string of the molecule is CC1=C(c2ccc(C)c(C)c2)S(=O)(=O)N=C1N1CCC(C(=O)N[C@@H]2CCCc3ccccc32)CC1. The molecule has 6 nitrogen and oxygen atoms in total. The van der Waals surface area contributed by atoms with Crippen LogP contribution in [0.4, 0.5) is 0 Å². The number of sulfonamides is 1. The molecule has 0 saturated carbocycles. The van der Waals surface area contributed by atoms with Crippen LogP contribution in [0.25, 0.3) is 4.91 Å². The van der Waals surface area contributed by atoms with Crippen molar-refractivity contribution in [1.82, 2.24) is 10.2 Å². The Balaban J connectivity index is 1.27. The summed E-state index contributed by atoms with van der Waals surface area (Å²) in [6.45, 7) is 7.07. The Morgan fingerprint density at radius 3 is 2.49 bits per heavy atom. The van der Waals surface area contributed by atoms with E-state index in [9.17, 15) is 13.2 Å². The molecule has 1 fully saturated rings. The number of hydrogen-bond acceptors (Lipinski definition) is 4. The number of amides is 1. The lowest BCUT2D eigenvalue weighted by Gasteiger charge is -2.34. The van der Waals surface area contributed by atoms with E-state index in [-0.39, 0.29) is 17.9 Å². The highest BCUT2D eigenvalue weighted by Crippen LogP contribution is 2.36. The van der Waals surface area contributed by atoms with Crippen LogP contribution >= 0.6 is 0 Å². The predicted molar refractivity (Wildman–Crippen MR) is 139 cm³/mol. The lowest BCUT2D eigenvalue weighted by Crippen LogP contribution is -2.44. The number of likely N-dealkylation sites (tertiary alicyclic amines) is 1. The molecule has 1 amide bonds. The molecule has 1 saturated heterocycles. The van der Waals surface area contributed by atoms with Crippen LogP contribution in [0.2, 0.25) is 0 Å². The van der Waals surface area contributed by atoms with Gasteiger partial charge < -0.3 is 10.2 Å². The van der Waals surface area contributed by atoms with E-state index in [2.05, 4.69) is 27.9 Å². The van der Waals surface area contributed by atoms with Crippen LogP contribution in [0.3, 0.4) is 0 Å². The summed E-state index contributed by atoms with van der Waals surface area (Å²) in [6, 6.07) is 14.2. The highest BCUT2D eigenvalue weighted by atomic mass is 32.2. The van der Waals surface area contributed by atoms with Crippen molar-refractivity contribution in [1.29, 1.82) is 0 Å². The Labute approximate surface area is 208 Å². The fraction of sp³-hybridized carbons (Fsp3) is 0.429. The number of fused-ring (bicyclic) bond motifs is 1. The van der Waals surface area contributed by atoms with E-state index in [0.29, 0.717) is 47.8 Å². The Morgan fingerprint density at radius 1 is 1.00 bits per heavy atom. The van der Waals surface area contributed by atoms with E-state index in [0.717, 1.165) is 30.4 Å². The zero-order valence-corrected chi connectivity index (χ0v) is 21.5. The van der Waals surface area contributed by atoms with Crippen molar-refractivity contribution in [3.8, 4) is 0 Å². The van der Waals surface area contributed by atoms with Crippen LogP contribution in [-0.4, -0.2) is 38.2 Å². The van der Waals surface area contributed by atoms with Gasteiger partial charge in [0.2, 0.25) is 5.91 Å². The number of nitrogens with zero attached hydrogens (tertiary/aromatic N) is 2. The molecule has 3 aliphatic rings. The first-order chi connectivity index (χ1) is 16.7. The van der Waals surface area contributed by atoms with Gasteiger partial charge in [-0.15, -0.1) is 4.40 Å². The summed E-state index contributed by atoms with van der Waals surface area (Å²) in [5.74, 6) is 0.566. The van der Waals surface area contributed by atoms with Crippen molar-refractivity contribution in [2.45, 2.75) is 58.9 Å². The summed E-state index contributed by atoms with van der Waals surface area (Å²) in [5.41, 5.74) is 6.14. The molecule has 1 N–H and O–H groups in total. The Morgan fingerprint density at radius 2 is 1.74 bits per heavy atom. The van der Waals surface area contributed by atoms with E-state index in [4.69, 9.17) is 0 Å². The number of carbonyl (C=O) groups excluding carboxylic acids is 1. The van der Waals surface area contributed by atoms with E-state index >= 15 is 0 Å². The molecule has 0 bridgehead atoms.